The Bertz CT molecular complexity index is 135. The van der Waals surface area contributed by atoms with Gasteiger partial charge in [0.15, 0.2) is 0 Å². The van der Waals surface area contributed by atoms with Crippen molar-refractivity contribution in [1.82, 2.24) is 4.90 Å². The molecule has 0 aliphatic carbocycles. The Labute approximate surface area is 63.2 Å². The first kappa shape index (κ1) is 9.32. The lowest BCUT2D eigenvalue weighted by Crippen LogP contribution is -2.35. The zero-order valence-corrected chi connectivity index (χ0v) is 7.14. The molecule has 0 rings (SSSR count). The normalized spacial score (nSPS) is 10.7. The van der Waals surface area contributed by atoms with Crippen LogP contribution in [0.5, 0.6) is 0 Å². The smallest absolute Gasteiger partial charge is 0.0803 e. The number of hydrogen-bond acceptors (Lipinski definition) is 2. The van der Waals surface area contributed by atoms with Gasteiger partial charge in [0.2, 0.25) is 0 Å². The molecule has 0 radical (unpaired) electrons. The van der Waals surface area contributed by atoms with E-state index in [0.29, 0.717) is 0 Å². The number of ether oxygens (including phenoxy) is 1. The van der Waals surface area contributed by atoms with E-state index in [1.807, 2.05) is 20.9 Å². The van der Waals surface area contributed by atoms with Gasteiger partial charge in [-0.3, -0.25) is 0 Å². The lowest BCUT2D eigenvalue weighted by atomic mass is 10.1. The van der Waals surface area contributed by atoms with Gasteiger partial charge in [-0.15, -0.1) is 0 Å². The van der Waals surface area contributed by atoms with Crippen molar-refractivity contribution >= 4 is 0 Å². The van der Waals surface area contributed by atoms with Crippen LogP contribution in [0.3, 0.4) is 0 Å². The van der Waals surface area contributed by atoms with Crippen LogP contribution in [-0.4, -0.2) is 31.2 Å². The number of likely N-dealkylation sites (N-methyl/N-ethyl adjacent to an activating group) is 1. The molecule has 0 fully saturated rings. The molecule has 0 amide bonds. The first-order valence-electron chi connectivity index (χ1n) is 3.24. The Morgan fingerprint density at radius 1 is 1.60 bits per heavy atom. The van der Waals surface area contributed by atoms with E-state index in [-0.39, 0.29) is 5.60 Å². The van der Waals surface area contributed by atoms with E-state index < -0.39 is 0 Å². The Kier molecular flexibility index (Phi) is 3.24. The Morgan fingerprint density at radius 2 is 2.10 bits per heavy atom. The monoisotopic (exact) mass is 141 g/mol. The molecule has 58 valence electrons. The predicted octanol–water partition coefficient (Wildman–Crippen LogP) is 0.934. The molecule has 0 aromatic carbocycles. The topological polar surface area (TPSA) is 12.5 Å². The zero-order chi connectivity index (χ0) is 8.20. The molecule has 0 N–H and O–H groups in total. The number of hydrogen-bond donors (Lipinski definition) is 0. The third-order valence-electron chi connectivity index (χ3n) is 1.39. The molecule has 0 aliphatic heterocycles. The van der Waals surface area contributed by atoms with Crippen molar-refractivity contribution in [2.75, 3.05) is 20.7 Å². The second-order valence-corrected chi connectivity index (χ2v) is 2.95. The highest BCUT2D eigenvalue weighted by molar-refractivity contribution is 4.86. The van der Waals surface area contributed by atoms with Gasteiger partial charge in [0.05, 0.1) is 12.1 Å². The molecule has 0 bridgehead atoms. The minimum absolute atomic E-state index is 0.152. The fourth-order valence-electron chi connectivity index (χ4n) is 0.681. The van der Waals surface area contributed by atoms with E-state index in [1.165, 1.54) is 0 Å². The van der Waals surface area contributed by atoms with Gasteiger partial charge in [-0.05, 0) is 13.8 Å². The van der Waals surface area contributed by atoms with Crippen molar-refractivity contribution in [3.63, 3.8) is 0 Å². The van der Waals surface area contributed by atoms with Crippen LogP contribution < -0.4 is 0 Å². The van der Waals surface area contributed by atoms with Gasteiger partial charge < -0.3 is 9.64 Å². The molecule has 0 saturated carbocycles. The third-order valence-corrected chi connectivity index (χ3v) is 1.39. The Balaban J connectivity index is 3.79. The molecule has 10 heavy (non-hydrogen) atoms. The van der Waals surface area contributed by atoms with Gasteiger partial charge in [-0.2, -0.15) is 0 Å². The van der Waals surface area contributed by atoms with Crippen LogP contribution in [0, 0.1) is 12.5 Å². The lowest BCUT2D eigenvalue weighted by molar-refractivity contribution is 0.00809. The van der Waals surface area contributed by atoms with Gasteiger partial charge in [0.1, 0.15) is 0 Å². The van der Waals surface area contributed by atoms with Crippen molar-refractivity contribution in [3.05, 3.63) is 0 Å². The minimum Gasteiger partial charge on any atom is -0.377 e. The van der Waals surface area contributed by atoms with E-state index >= 15 is 0 Å². The largest absolute Gasteiger partial charge is 0.377 e. The van der Waals surface area contributed by atoms with E-state index in [9.17, 15) is 0 Å². The van der Waals surface area contributed by atoms with E-state index in [2.05, 4.69) is 6.04 Å². The molecule has 0 spiro atoms. The molecule has 0 aromatic rings. The number of nitrogens with zero attached hydrogens (tertiary/aromatic N) is 1. The summed E-state index contributed by atoms with van der Waals surface area (Å²) in [4.78, 5) is 1.77. The van der Waals surface area contributed by atoms with Crippen LogP contribution in [0.1, 0.15) is 13.8 Å². The molecule has 0 unspecified atom stereocenters. The molecule has 0 heterocycles. The Morgan fingerprint density at radius 3 is 2.40 bits per heavy atom. The highest BCUT2D eigenvalue weighted by Crippen LogP contribution is 2.07. The van der Waals surface area contributed by atoms with E-state index in [1.54, 1.807) is 12.0 Å². The fourth-order valence-corrected chi connectivity index (χ4v) is 0.681. The van der Waals surface area contributed by atoms with Crippen LogP contribution in [0.4, 0.5) is 0 Å². The Hall–Kier alpha value is -0.680. The summed E-state index contributed by atoms with van der Waals surface area (Å²) in [6.45, 7) is 4.75. The van der Waals surface area contributed by atoms with Crippen molar-refractivity contribution in [2.45, 2.75) is 19.4 Å². The third kappa shape index (κ3) is 3.37. The summed E-state index contributed by atoms with van der Waals surface area (Å²) in [5, 5.41) is 0. The summed E-state index contributed by atoms with van der Waals surface area (Å²) in [5.74, 6) is 0. The van der Waals surface area contributed by atoms with Crippen LogP contribution in [-0.2, 0) is 4.74 Å². The zero-order valence-electron chi connectivity index (χ0n) is 7.14. The average Bonchev–Trinajstić information content (AvgIpc) is 1.87. The molecule has 2 nitrogen and oxygen atoms in total. The van der Waals surface area contributed by atoms with E-state index in [0.717, 1.165) is 6.54 Å². The van der Waals surface area contributed by atoms with Crippen molar-refractivity contribution in [3.8, 4) is 12.5 Å². The molecular weight excluding hydrogens is 126 g/mol. The van der Waals surface area contributed by atoms with Crippen LogP contribution in [0.15, 0.2) is 0 Å². The maximum atomic E-state index is 5.17. The van der Waals surface area contributed by atoms with Crippen LogP contribution >= 0.6 is 0 Å². The molecule has 2 heteroatoms. The molecule has 0 atom stereocenters. The highest BCUT2D eigenvalue weighted by atomic mass is 16.5. The van der Waals surface area contributed by atoms with E-state index in [4.69, 9.17) is 11.2 Å². The van der Waals surface area contributed by atoms with Crippen molar-refractivity contribution in [2.24, 2.45) is 0 Å². The highest BCUT2D eigenvalue weighted by Gasteiger charge is 2.17. The maximum Gasteiger partial charge on any atom is 0.0803 e. The van der Waals surface area contributed by atoms with Crippen LogP contribution in [0.25, 0.3) is 0 Å². The van der Waals surface area contributed by atoms with Crippen molar-refractivity contribution in [1.29, 1.82) is 0 Å². The minimum atomic E-state index is -0.152. The predicted molar refractivity (Wildman–Crippen MR) is 42.6 cm³/mol. The van der Waals surface area contributed by atoms with Gasteiger partial charge in [0, 0.05) is 20.2 Å². The SMILES string of the molecule is C#CN(C)CC(C)(C)OC. The summed E-state index contributed by atoms with van der Waals surface area (Å²) in [7, 11) is 3.55. The lowest BCUT2D eigenvalue weighted by Gasteiger charge is -2.26. The molecule has 0 saturated heterocycles. The van der Waals surface area contributed by atoms with Gasteiger partial charge in [0.25, 0.3) is 0 Å². The standard InChI is InChI=1S/C8H15NO/c1-6-9(4)7-8(2,3)10-5/h1H,7H2,2-5H3. The summed E-state index contributed by atoms with van der Waals surface area (Å²) in [5.41, 5.74) is -0.152. The summed E-state index contributed by atoms with van der Waals surface area (Å²) >= 11 is 0. The number of rotatable bonds is 3. The summed E-state index contributed by atoms with van der Waals surface area (Å²) in [6.07, 6.45) is 5.15. The van der Waals surface area contributed by atoms with Gasteiger partial charge in [-0.25, -0.2) is 0 Å². The first-order valence-corrected chi connectivity index (χ1v) is 3.24. The summed E-state index contributed by atoms with van der Waals surface area (Å²) in [6, 6.07) is 2.51. The quantitative estimate of drug-likeness (QED) is 0.428. The second-order valence-electron chi connectivity index (χ2n) is 2.95. The number of terminal acetylenes is 1. The molecule has 0 aromatic heterocycles. The van der Waals surface area contributed by atoms with Crippen LogP contribution in [0.2, 0.25) is 0 Å². The average molecular weight is 141 g/mol. The fraction of sp³-hybridized carbons (Fsp3) is 0.750. The number of methoxy groups -OCH3 is 1. The maximum absolute atomic E-state index is 5.17. The van der Waals surface area contributed by atoms with Gasteiger partial charge >= 0.3 is 0 Å². The van der Waals surface area contributed by atoms with Crippen molar-refractivity contribution < 1.29 is 4.74 Å². The van der Waals surface area contributed by atoms with Gasteiger partial charge in [-0.1, -0.05) is 6.42 Å². The summed E-state index contributed by atoms with van der Waals surface area (Å²) < 4.78 is 5.17. The molecular formula is C8H15NO. The first-order chi connectivity index (χ1) is 4.52. The second kappa shape index (κ2) is 3.48. The molecule has 0 aliphatic rings.